The number of benzene rings is 2. The minimum absolute atomic E-state index is 0.239. The lowest BCUT2D eigenvalue weighted by atomic mass is 10.2. The second-order valence-corrected chi connectivity index (χ2v) is 6.71. The average molecular weight is 432 g/mol. The summed E-state index contributed by atoms with van der Waals surface area (Å²) in [6.45, 7) is 1.35. The second-order valence-electron chi connectivity index (χ2n) is 4.98. The number of nitrogens with one attached hydrogen (secondary N) is 2. The smallest absolute Gasteiger partial charge is 0.315 e. The Morgan fingerprint density at radius 2 is 1.88 bits per heavy atom. The van der Waals surface area contributed by atoms with Crippen LogP contribution in [0.15, 0.2) is 46.9 Å². The number of carbonyl (C=O) groups is 1. The number of hydrogen-bond acceptors (Lipinski definition) is 2. The van der Waals surface area contributed by atoms with Gasteiger partial charge in [-0.05, 0) is 36.2 Å². The van der Waals surface area contributed by atoms with E-state index >= 15 is 0 Å². The molecule has 7 heteroatoms. The molecule has 0 aromatic heterocycles. The number of halogens is 3. The highest BCUT2D eigenvalue weighted by Crippen LogP contribution is 2.27. The van der Waals surface area contributed by atoms with Gasteiger partial charge in [0.15, 0.2) is 0 Å². The fourth-order valence-electron chi connectivity index (χ4n) is 1.93. The Kier molecular flexibility index (Phi) is 7.69. The molecule has 2 amide bonds. The Bertz CT molecular complexity index is 698. The predicted octanol–water partition coefficient (Wildman–Crippen LogP) is 5.02. The van der Waals surface area contributed by atoms with Gasteiger partial charge in [-0.2, -0.15) is 0 Å². The van der Waals surface area contributed by atoms with E-state index in [0.29, 0.717) is 41.9 Å². The fourth-order valence-corrected chi connectivity index (χ4v) is 2.86. The van der Waals surface area contributed by atoms with Crippen LogP contribution in [-0.2, 0) is 6.54 Å². The maximum atomic E-state index is 11.7. The molecule has 2 aromatic carbocycles. The molecular formula is C17H17BrCl2N2O2. The van der Waals surface area contributed by atoms with Crippen LogP contribution < -0.4 is 15.4 Å². The van der Waals surface area contributed by atoms with Crippen molar-refractivity contribution < 1.29 is 9.53 Å². The molecule has 24 heavy (non-hydrogen) atoms. The van der Waals surface area contributed by atoms with Gasteiger partial charge < -0.3 is 15.4 Å². The van der Waals surface area contributed by atoms with Crippen LogP contribution in [-0.4, -0.2) is 19.2 Å². The summed E-state index contributed by atoms with van der Waals surface area (Å²) in [5.74, 6) is 0.628. The van der Waals surface area contributed by atoms with Crippen molar-refractivity contribution in [1.82, 2.24) is 10.6 Å². The lowest BCUT2D eigenvalue weighted by Crippen LogP contribution is -2.36. The third-order valence-corrected chi connectivity index (χ3v) is 4.31. The summed E-state index contributed by atoms with van der Waals surface area (Å²) < 4.78 is 6.48. The quantitative estimate of drug-likeness (QED) is 0.604. The van der Waals surface area contributed by atoms with Crippen LogP contribution in [0.2, 0.25) is 10.0 Å². The lowest BCUT2D eigenvalue weighted by molar-refractivity contribution is 0.238. The van der Waals surface area contributed by atoms with Crippen LogP contribution in [0.3, 0.4) is 0 Å². The first-order valence-electron chi connectivity index (χ1n) is 7.39. The van der Waals surface area contributed by atoms with Gasteiger partial charge in [0.1, 0.15) is 5.75 Å². The van der Waals surface area contributed by atoms with Gasteiger partial charge in [0.05, 0.1) is 11.6 Å². The van der Waals surface area contributed by atoms with Gasteiger partial charge in [-0.1, -0.05) is 57.3 Å². The zero-order valence-electron chi connectivity index (χ0n) is 12.8. The highest BCUT2D eigenvalue weighted by Gasteiger charge is 2.04. The molecule has 0 aliphatic heterocycles. The Hall–Kier alpha value is -1.43. The van der Waals surface area contributed by atoms with Crippen LogP contribution in [0.4, 0.5) is 4.79 Å². The highest BCUT2D eigenvalue weighted by atomic mass is 79.9. The largest absolute Gasteiger partial charge is 0.492 e. The Morgan fingerprint density at radius 3 is 2.62 bits per heavy atom. The van der Waals surface area contributed by atoms with Crippen molar-refractivity contribution in [3.8, 4) is 5.75 Å². The summed E-state index contributed by atoms with van der Waals surface area (Å²) in [6, 6.07) is 12.6. The molecule has 0 radical (unpaired) electrons. The van der Waals surface area contributed by atoms with Crippen LogP contribution in [0.25, 0.3) is 0 Å². The summed E-state index contributed by atoms with van der Waals surface area (Å²) >= 11 is 15.4. The Balaban J connectivity index is 1.62. The van der Waals surface area contributed by atoms with E-state index in [0.717, 1.165) is 10.0 Å². The predicted molar refractivity (Wildman–Crippen MR) is 101 cm³/mol. The van der Waals surface area contributed by atoms with Crippen molar-refractivity contribution in [2.24, 2.45) is 0 Å². The third-order valence-electron chi connectivity index (χ3n) is 3.16. The average Bonchev–Trinajstić information content (AvgIpc) is 2.55. The first-order chi connectivity index (χ1) is 11.6. The van der Waals surface area contributed by atoms with E-state index in [9.17, 15) is 4.79 Å². The molecule has 2 rings (SSSR count). The SMILES string of the molecule is O=C(NCCCOc1ccc(Br)cc1Cl)NCc1ccccc1Cl. The maximum absolute atomic E-state index is 11.7. The van der Waals surface area contributed by atoms with E-state index in [1.165, 1.54) is 0 Å². The fraction of sp³-hybridized carbons (Fsp3) is 0.235. The maximum Gasteiger partial charge on any atom is 0.315 e. The van der Waals surface area contributed by atoms with Gasteiger partial charge in [0, 0.05) is 22.6 Å². The highest BCUT2D eigenvalue weighted by molar-refractivity contribution is 9.10. The molecule has 0 saturated carbocycles. The van der Waals surface area contributed by atoms with Crippen molar-refractivity contribution in [2.75, 3.05) is 13.2 Å². The van der Waals surface area contributed by atoms with E-state index < -0.39 is 0 Å². The van der Waals surface area contributed by atoms with Crippen molar-refractivity contribution in [3.05, 3.63) is 62.5 Å². The van der Waals surface area contributed by atoms with E-state index in [1.807, 2.05) is 24.3 Å². The third kappa shape index (κ3) is 6.23. The Morgan fingerprint density at radius 1 is 1.08 bits per heavy atom. The Labute approximate surface area is 159 Å². The zero-order chi connectivity index (χ0) is 17.4. The monoisotopic (exact) mass is 430 g/mol. The number of ether oxygens (including phenoxy) is 1. The summed E-state index contributed by atoms with van der Waals surface area (Å²) in [4.78, 5) is 11.7. The van der Waals surface area contributed by atoms with E-state index in [2.05, 4.69) is 26.6 Å². The number of hydrogen-bond donors (Lipinski definition) is 2. The first-order valence-corrected chi connectivity index (χ1v) is 8.94. The second kappa shape index (κ2) is 9.77. The summed E-state index contributed by atoms with van der Waals surface area (Å²) in [7, 11) is 0. The van der Waals surface area contributed by atoms with Crippen LogP contribution in [0.1, 0.15) is 12.0 Å². The number of urea groups is 1. The van der Waals surface area contributed by atoms with E-state index in [-0.39, 0.29) is 6.03 Å². The van der Waals surface area contributed by atoms with E-state index in [1.54, 1.807) is 18.2 Å². The molecule has 2 aromatic rings. The van der Waals surface area contributed by atoms with Gasteiger partial charge in [-0.25, -0.2) is 4.79 Å². The molecule has 0 heterocycles. The molecule has 0 bridgehead atoms. The minimum Gasteiger partial charge on any atom is -0.492 e. The molecule has 0 saturated heterocycles. The molecule has 4 nitrogen and oxygen atoms in total. The number of carbonyl (C=O) groups excluding carboxylic acids is 1. The number of amides is 2. The topological polar surface area (TPSA) is 50.4 Å². The molecule has 0 spiro atoms. The van der Waals surface area contributed by atoms with Crippen molar-refractivity contribution in [1.29, 1.82) is 0 Å². The van der Waals surface area contributed by atoms with Gasteiger partial charge >= 0.3 is 6.03 Å². The molecule has 0 unspecified atom stereocenters. The van der Waals surface area contributed by atoms with Crippen molar-refractivity contribution in [2.45, 2.75) is 13.0 Å². The van der Waals surface area contributed by atoms with Gasteiger partial charge in [-0.15, -0.1) is 0 Å². The van der Waals surface area contributed by atoms with Gasteiger partial charge in [0.25, 0.3) is 0 Å². The van der Waals surface area contributed by atoms with Crippen LogP contribution >= 0.6 is 39.1 Å². The van der Waals surface area contributed by atoms with Gasteiger partial charge in [-0.3, -0.25) is 0 Å². The molecule has 128 valence electrons. The first kappa shape index (κ1) is 18.9. The van der Waals surface area contributed by atoms with Crippen LogP contribution in [0, 0.1) is 0 Å². The molecule has 2 N–H and O–H groups in total. The van der Waals surface area contributed by atoms with Crippen molar-refractivity contribution in [3.63, 3.8) is 0 Å². The van der Waals surface area contributed by atoms with Crippen molar-refractivity contribution >= 4 is 45.2 Å². The number of rotatable bonds is 7. The molecule has 0 aliphatic rings. The summed E-state index contributed by atoms with van der Waals surface area (Å²) in [5.41, 5.74) is 0.877. The standard InChI is InChI=1S/C17H17BrCl2N2O2/c18-13-6-7-16(15(20)10-13)24-9-3-8-21-17(23)22-11-12-4-1-2-5-14(12)19/h1-2,4-7,10H,3,8-9,11H2,(H2,21,22,23). The summed E-state index contributed by atoms with van der Waals surface area (Å²) in [5, 5.41) is 6.72. The zero-order valence-corrected chi connectivity index (χ0v) is 15.9. The normalized spacial score (nSPS) is 10.3. The van der Waals surface area contributed by atoms with Crippen LogP contribution in [0.5, 0.6) is 5.75 Å². The minimum atomic E-state index is -0.239. The molecule has 0 fully saturated rings. The van der Waals surface area contributed by atoms with Gasteiger partial charge in [0.2, 0.25) is 0 Å². The van der Waals surface area contributed by atoms with E-state index in [4.69, 9.17) is 27.9 Å². The lowest BCUT2D eigenvalue weighted by Gasteiger charge is -2.10. The molecule has 0 atom stereocenters. The summed E-state index contributed by atoms with van der Waals surface area (Å²) in [6.07, 6.45) is 0.673. The molecule has 0 aliphatic carbocycles. The molecular weight excluding hydrogens is 415 g/mol.